The second kappa shape index (κ2) is 7.86. The Balaban J connectivity index is 1.59. The zero-order valence-electron chi connectivity index (χ0n) is 15.3. The first-order valence-corrected chi connectivity index (χ1v) is 9.62. The minimum atomic E-state index is -0.198. The van der Waals surface area contributed by atoms with Crippen LogP contribution >= 0.6 is 0 Å². The molecule has 2 saturated heterocycles. The topological polar surface area (TPSA) is 66.4 Å². The lowest BCUT2D eigenvalue weighted by Crippen LogP contribution is -2.42. The van der Waals surface area contributed by atoms with Gasteiger partial charge in [-0.3, -0.25) is 19.6 Å². The summed E-state index contributed by atoms with van der Waals surface area (Å²) in [5.41, 5.74) is 1.69. The second-order valence-corrected chi connectivity index (χ2v) is 7.33. The van der Waals surface area contributed by atoms with E-state index in [9.17, 15) is 9.59 Å². The van der Waals surface area contributed by atoms with Crippen LogP contribution in [0, 0.1) is 5.92 Å². The predicted octanol–water partition coefficient (Wildman–Crippen LogP) is 2.34. The van der Waals surface area contributed by atoms with Crippen molar-refractivity contribution >= 4 is 11.8 Å². The molecule has 2 fully saturated rings. The van der Waals surface area contributed by atoms with Crippen LogP contribution in [-0.4, -0.2) is 57.8 Å². The standard InChI is InChI=1S/C21H24N4O2/c26-20(17-6-10-23-11-7-17)25-14-18(16-4-8-22-9-5-16)19(15-25)21(27)24-12-2-1-3-13-24/h4-11,18-19H,1-3,12-15H2/t18-,19+/m0/s1. The molecule has 2 aliphatic rings. The minimum Gasteiger partial charge on any atom is -0.342 e. The minimum absolute atomic E-state index is 0.00761. The van der Waals surface area contributed by atoms with E-state index in [4.69, 9.17) is 0 Å². The fourth-order valence-corrected chi connectivity index (χ4v) is 4.19. The van der Waals surface area contributed by atoms with Crippen molar-refractivity contribution in [1.82, 2.24) is 19.8 Å². The molecular formula is C21H24N4O2. The Hall–Kier alpha value is -2.76. The number of likely N-dealkylation sites (tertiary alicyclic amines) is 2. The highest BCUT2D eigenvalue weighted by atomic mass is 16.2. The summed E-state index contributed by atoms with van der Waals surface area (Å²) in [6.07, 6.45) is 10.1. The number of amides is 2. The van der Waals surface area contributed by atoms with Crippen LogP contribution in [0.25, 0.3) is 0 Å². The summed E-state index contributed by atoms with van der Waals surface area (Å²) in [7, 11) is 0. The zero-order chi connectivity index (χ0) is 18.6. The molecule has 0 unspecified atom stereocenters. The molecule has 27 heavy (non-hydrogen) atoms. The van der Waals surface area contributed by atoms with Crippen molar-refractivity contribution in [3.05, 3.63) is 60.2 Å². The molecule has 0 saturated carbocycles. The van der Waals surface area contributed by atoms with E-state index in [0.717, 1.165) is 31.5 Å². The molecule has 6 nitrogen and oxygen atoms in total. The van der Waals surface area contributed by atoms with E-state index in [0.29, 0.717) is 18.7 Å². The molecule has 6 heteroatoms. The number of rotatable bonds is 3. The summed E-state index contributed by atoms with van der Waals surface area (Å²) in [6.45, 7) is 2.67. The second-order valence-electron chi connectivity index (χ2n) is 7.33. The molecule has 4 heterocycles. The third kappa shape index (κ3) is 3.70. The molecule has 0 aliphatic carbocycles. The van der Waals surface area contributed by atoms with Gasteiger partial charge in [-0.15, -0.1) is 0 Å². The van der Waals surface area contributed by atoms with Gasteiger partial charge in [0.1, 0.15) is 0 Å². The average Bonchev–Trinajstić information content (AvgIpc) is 3.20. The van der Waals surface area contributed by atoms with E-state index in [2.05, 4.69) is 9.97 Å². The van der Waals surface area contributed by atoms with E-state index in [1.165, 1.54) is 6.42 Å². The van der Waals surface area contributed by atoms with E-state index in [1.54, 1.807) is 36.9 Å². The summed E-state index contributed by atoms with van der Waals surface area (Å²) in [6, 6.07) is 7.37. The molecule has 2 aliphatic heterocycles. The van der Waals surface area contributed by atoms with Crippen molar-refractivity contribution in [2.75, 3.05) is 26.2 Å². The number of hydrogen-bond donors (Lipinski definition) is 0. The summed E-state index contributed by atoms with van der Waals surface area (Å²) >= 11 is 0. The van der Waals surface area contributed by atoms with Gasteiger partial charge in [0.15, 0.2) is 0 Å². The molecule has 0 radical (unpaired) electrons. The molecule has 0 N–H and O–H groups in total. The maximum atomic E-state index is 13.3. The fourth-order valence-electron chi connectivity index (χ4n) is 4.19. The van der Waals surface area contributed by atoms with Gasteiger partial charge in [0, 0.05) is 62.4 Å². The van der Waals surface area contributed by atoms with Crippen LogP contribution < -0.4 is 0 Å². The highest BCUT2D eigenvalue weighted by molar-refractivity contribution is 5.95. The monoisotopic (exact) mass is 364 g/mol. The largest absolute Gasteiger partial charge is 0.342 e. The van der Waals surface area contributed by atoms with E-state index >= 15 is 0 Å². The first kappa shape index (κ1) is 17.6. The van der Waals surface area contributed by atoms with Gasteiger partial charge < -0.3 is 9.80 Å². The molecule has 2 atom stereocenters. The first-order valence-electron chi connectivity index (χ1n) is 9.62. The SMILES string of the molecule is O=C(c1ccncc1)N1C[C@@H](C(=O)N2CCCCC2)[C@H](c2ccncc2)C1. The van der Waals surface area contributed by atoms with Gasteiger partial charge in [0.25, 0.3) is 5.91 Å². The number of nitrogens with zero attached hydrogens (tertiary/aromatic N) is 4. The lowest BCUT2D eigenvalue weighted by Gasteiger charge is -2.30. The molecule has 0 bridgehead atoms. The van der Waals surface area contributed by atoms with Crippen LogP contribution in [0.2, 0.25) is 0 Å². The van der Waals surface area contributed by atoms with Crippen molar-refractivity contribution in [3.8, 4) is 0 Å². The van der Waals surface area contributed by atoms with E-state index < -0.39 is 0 Å². The number of carbonyl (C=O) groups is 2. The molecule has 140 valence electrons. The van der Waals surface area contributed by atoms with Gasteiger partial charge in [-0.1, -0.05) is 0 Å². The molecule has 4 rings (SSSR count). The summed E-state index contributed by atoms with van der Waals surface area (Å²) in [4.78, 5) is 38.1. The summed E-state index contributed by atoms with van der Waals surface area (Å²) < 4.78 is 0. The summed E-state index contributed by atoms with van der Waals surface area (Å²) in [5.74, 6) is -0.0450. The van der Waals surface area contributed by atoms with Crippen molar-refractivity contribution in [3.63, 3.8) is 0 Å². The molecule has 2 aromatic heterocycles. The van der Waals surface area contributed by atoms with Crippen molar-refractivity contribution in [2.45, 2.75) is 25.2 Å². The third-order valence-corrected chi connectivity index (χ3v) is 5.65. The lowest BCUT2D eigenvalue weighted by atomic mass is 9.88. The van der Waals surface area contributed by atoms with Crippen molar-refractivity contribution in [1.29, 1.82) is 0 Å². The molecule has 2 aromatic rings. The number of piperidine rings is 1. The lowest BCUT2D eigenvalue weighted by molar-refractivity contribution is -0.136. The van der Waals surface area contributed by atoms with Crippen LogP contribution in [0.4, 0.5) is 0 Å². The Labute approximate surface area is 159 Å². The Morgan fingerprint density at radius 2 is 1.44 bits per heavy atom. The molecular weight excluding hydrogens is 340 g/mol. The van der Waals surface area contributed by atoms with Crippen LogP contribution in [0.1, 0.15) is 41.1 Å². The van der Waals surface area contributed by atoms with Gasteiger partial charge >= 0.3 is 0 Å². The van der Waals surface area contributed by atoms with Gasteiger partial charge in [0.05, 0.1) is 5.92 Å². The van der Waals surface area contributed by atoms with Crippen LogP contribution in [0.5, 0.6) is 0 Å². The third-order valence-electron chi connectivity index (χ3n) is 5.65. The normalized spacial score (nSPS) is 22.7. The number of carbonyl (C=O) groups excluding carboxylic acids is 2. The average molecular weight is 364 g/mol. The van der Waals surface area contributed by atoms with E-state index in [-0.39, 0.29) is 23.7 Å². The number of pyridine rings is 2. The van der Waals surface area contributed by atoms with Gasteiger partial charge in [-0.2, -0.15) is 0 Å². The van der Waals surface area contributed by atoms with Crippen molar-refractivity contribution in [2.24, 2.45) is 5.92 Å². The summed E-state index contributed by atoms with van der Waals surface area (Å²) in [5, 5.41) is 0. The molecule has 0 spiro atoms. The number of hydrogen-bond acceptors (Lipinski definition) is 4. The zero-order valence-corrected chi connectivity index (χ0v) is 15.3. The van der Waals surface area contributed by atoms with Gasteiger partial charge in [-0.05, 0) is 49.1 Å². The van der Waals surface area contributed by atoms with E-state index in [1.807, 2.05) is 21.9 Å². The Morgan fingerprint density at radius 3 is 2.11 bits per heavy atom. The maximum absolute atomic E-state index is 13.3. The highest BCUT2D eigenvalue weighted by Crippen LogP contribution is 2.35. The van der Waals surface area contributed by atoms with Gasteiger partial charge in [0.2, 0.25) is 5.91 Å². The Morgan fingerprint density at radius 1 is 0.815 bits per heavy atom. The van der Waals surface area contributed by atoms with Crippen LogP contribution in [-0.2, 0) is 4.79 Å². The predicted molar refractivity (Wildman–Crippen MR) is 101 cm³/mol. The van der Waals surface area contributed by atoms with Gasteiger partial charge in [-0.25, -0.2) is 0 Å². The Kier molecular flexibility index (Phi) is 5.14. The highest BCUT2D eigenvalue weighted by Gasteiger charge is 2.42. The smallest absolute Gasteiger partial charge is 0.254 e. The number of aromatic nitrogens is 2. The fraction of sp³-hybridized carbons (Fsp3) is 0.429. The molecule has 0 aromatic carbocycles. The van der Waals surface area contributed by atoms with Crippen LogP contribution in [0.15, 0.2) is 49.1 Å². The van der Waals surface area contributed by atoms with Crippen molar-refractivity contribution < 1.29 is 9.59 Å². The quantitative estimate of drug-likeness (QED) is 0.838. The first-order chi connectivity index (χ1) is 13.2. The van der Waals surface area contributed by atoms with Crippen LogP contribution in [0.3, 0.4) is 0 Å². The molecule has 2 amide bonds. The Bertz CT molecular complexity index is 790. The maximum Gasteiger partial charge on any atom is 0.254 e.